The third-order valence-electron chi connectivity index (χ3n) is 14.4. The average Bonchev–Trinajstić information content (AvgIpc) is 3.92. The van der Waals surface area contributed by atoms with Crippen LogP contribution in [0, 0.1) is 0 Å². The molecular weight excluding hydrogens is 765 g/mol. The lowest BCUT2D eigenvalue weighted by atomic mass is 9.68. The van der Waals surface area contributed by atoms with Crippen molar-refractivity contribution in [2.24, 2.45) is 0 Å². The fourth-order valence-electron chi connectivity index (χ4n) is 11.3. The molecule has 0 bridgehead atoms. The van der Waals surface area contributed by atoms with E-state index in [4.69, 9.17) is 9.15 Å². The molecule has 0 N–H and O–H groups in total. The molecule has 2 nitrogen and oxygen atoms in total. The highest BCUT2D eigenvalue weighted by Gasteiger charge is 2.53. The molecule has 2 aliphatic carbocycles. The highest BCUT2D eigenvalue weighted by Crippen LogP contribution is 2.65. The molecule has 2 heterocycles. The smallest absolute Gasteiger partial charge is 0.135 e. The lowest BCUT2D eigenvalue weighted by Gasteiger charge is -2.33. The van der Waals surface area contributed by atoms with Crippen molar-refractivity contribution in [1.29, 1.82) is 0 Å². The first-order chi connectivity index (χ1) is 30.5. The summed E-state index contributed by atoms with van der Waals surface area (Å²) < 4.78 is 13.0. The Morgan fingerprint density at radius 3 is 1.73 bits per heavy atom. The van der Waals surface area contributed by atoms with Gasteiger partial charge in [-0.1, -0.05) is 175 Å². The molecule has 1 aliphatic heterocycles. The Morgan fingerprint density at radius 1 is 0.365 bits per heavy atom. The Balaban J connectivity index is 1.03. The Bertz CT molecular complexity index is 3560. The van der Waals surface area contributed by atoms with E-state index in [2.05, 4.69) is 199 Å². The first kappa shape index (κ1) is 36.5. The van der Waals surface area contributed by atoms with E-state index in [0.717, 1.165) is 55.5 Å². The van der Waals surface area contributed by atoms with E-state index < -0.39 is 5.41 Å². The molecule has 10 aromatic rings. The first-order valence-electron chi connectivity index (χ1n) is 22.3. The maximum Gasteiger partial charge on any atom is 0.135 e. The molecule has 2 heteroatoms. The maximum atomic E-state index is 6.81. The van der Waals surface area contributed by atoms with Gasteiger partial charge in [0.05, 0.1) is 5.41 Å². The van der Waals surface area contributed by atoms with Crippen LogP contribution in [0.5, 0.6) is 11.5 Å². The molecule has 0 saturated heterocycles. The van der Waals surface area contributed by atoms with E-state index in [-0.39, 0.29) is 10.8 Å². The highest BCUT2D eigenvalue weighted by atomic mass is 16.5. The summed E-state index contributed by atoms with van der Waals surface area (Å²) in [5.41, 5.74) is 21.9. The van der Waals surface area contributed by atoms with Crippen molar-refractivity contribution in [3.63, 3.8) is 0 Å². The zero-order valence-electron chi connectivity index (χ0n) is 36.5. The Morgan fingerprint density at radius 2 is 0.952 bits per heavy atom. The predicted octanol–water partition coefficient (Wildman–Crippen LogP) is 16.8. The minimum atomic E-state index is -0.467. The topological polar surface area (TPSA) is 22.4 Å². The van der Waals surface area contributed by atoms with Gasteiger partial charge in [-0.25, -0.2) is 0 Å². The monoisotopic (exact) mass is 810 g/mol. The van der Waals surface area contributed by atoms with Gasteiger partial charge < -0.3 is 9.15 Å². The molecule has 0 fully saturated rings. The van der Waals surface area contributed by atoms with Gasteiger partial charge in [0, 0.05) is 21.7 Å². The summed E-state index contributed by atoms with van der Waals surface area (Å²) in [7, 11) is 0. The summed E-state index contributed by atoms with van der Waals surface area (Å²) in [5.74, 6) is 1.77. The summed E-state index contributed by atoms with van der Waals surface area (Å²) >= 11 is 0. The summed E-state index contributed by atoms with van der Waals surface area (Å²) in [6, 6.07) is 63.5. The second-order valence-electron chi connectivity index (χ2n) is 20.0. The van der Waals surface area contributed by atoms with Gasteiger partial charge >= 0.3 is 0 Å². The maximum absolute atomic E-state index is 6.81. The number of benzene rings is 9. The zero-order valence-corrected chi connectivity index (χ0v) is 36.5. The summed E-state index contributed by atoms with van der Waals surface area (Å²) in [5, 5.41) is 4.60. The number of hydrogen-bond donors (Lipinski definition) is 0. The molecule has 302 valence electrons. The summed E-state index contributed by atoms with van der Waals surface area (Å²) in [6.07, 6.45) is 0. The number of rotatable bonds is 2. The van der Waals surface area contributed by atoms with Gasteiger partial charge in [-0.2, -0.15) is 0 Å². The predicted molar refractivity (Wildman–Crippen MR) is 261 cm³/mol. The highest BCUT2D eigenvalue weighted by molar-refractivity contribution is 6.13. The Hall–Kier alpha value is -7.16. The molecule has 63 heavy (non-hydrogen) atoms. The summed E-state index contributed by atoms with van der Waals surface area (Å²) in [4.78, 5) is 0. The van der Waals surface area contributed by atoms with Gasteiger partial charge in [-0.3, -0.25) is 0 Å². The van der Waals surface area contributed by atoms with Crippen molar-refractivity contribution in [3.8, 4) is 67.1 Å². The Kier molecular flexibility index (Phi) is 7.23. The second kappa shape index (κ2) is 12.5. The molecular formula is C61H46O2. The average molecular weight is 811 g/mol. The molecule has 9 aromatic carbocycles. The minimum absolute atomic E-state index is 0.00251. The first-order valence-corrected chi connectivity index (χ1v) is 22.3. The third-order valence-corrected chi connectivity index (χ3v) is 14.4. The second-order valence-corrected chi connectivity index (χ2v) is 20.0. The Labute approximate surface area is 368 Å². The SMILES string of the molecule is CC(C)(C)c1ccc2c(c1)C1(c3cc(C(C)(C)C)ccc3-2)c2ccccc2-c2c(-c3ccc4c5c(cccc35)-c3cc(-c5ccc6oc7ccccc7c6c5)ccc3O4)cccc21. The van der Waals surface area contributed by atoms with E-state index in [0.29, 0.717) is 0 Å². The van der Waals surface area contributed by atoms with Crippen LogP contribution in [0.4, 0.5) is 0 Å². The quantitative estimate of drug-likeness (QED) is 0.174. The van der Waals surface area contributed by atoms with Crippen molar-refractivity contribution in [2.45, 2.75) is 57.8 Å². The molecule has 0 radical (unpaired) electrons. The van der Waals surface area contributed by atoms with Crippen LogP contribution in [0.25, 0.3) is 88.3 Å². The van der Waals surface area contributed by atoms with Gasteiger partial charge in [-0.05, 0) is 136 Å². The number of fused-ring (bicyclic) bond motifs is 15. The van der Waals surface area contributed by atoms with E-state index in [1.54, 1.807) is 0 Å². The van der Waals surface area contributed by atoms with E-state index in [1.807, 2.05) is 12.1 Å². The van der Waals surface area contributed by atoms with E-state index in [1.165, 1.54) is 77.7 Å². The number of hydrogen-bond acceptors (Lipinski definition) is 2. The summed E-state index contributed by atoms with van der Waals surface area (Å²) in [6.45, 7) is 14.0. The lowest BCUT2D eigenvalue weighted by molar-refractivity contribution is 0.487. The molecule has 1 aromatic heterocycles. The lowest BCUT2D eigenvalue weighted by Crippen LogP contribution is -2.27. The minimum Gasteiger partial charge on any atom is -0.456 e. The van der Waals surface area contributed by atoms with Crippen molar-refractivity contribution in [3.05, 3.63) is 203 Å². The number of ether oxygens (including phenoxy) is 1. The van der Waals surface area contributed by atoms with Gasteiger partial charge in [0.15, 0.2) is 0 Å². The molecule has 1 spiro atoms. The standard InChI is InChI=1S/C61H46O2/c1-59(2,3)37-23-25-40-41-26-24-38(60(4,5)6)34-52(41)61(51(40)33-37)49-18-9-7-14-46(49)57-43(17-12-19-50(57)61)39-27-30-56-58-44(39)15-11-16-45(58)48-32-36(22-29-55(48)63-56)35-21-28-54-47(31-35)42-13-8-10-20-53(42)62-54/h7-34H,1-6H3. The number of furan rings is 1. The van der Waals surface area contributed by atoms with Crippen LogP contribution in [0.2, 0.25) is 0 Å². The molecule has 13 rings (SSSR count). The van der Waals surface area contributed by atoms with Crippen molar-refractivity contribution in [1.82, 2.24) is 0 Å². The van der Waals surface area contributed by atoms with Crippen molar-refractivity contribution in [2.75, 3.05) is 0 Å². The normalized spacial score (nSPS) is 14.1. The molecule has 0 amide bonds. The largest absolute Gasteiger partial charge is 0.456 e. The molecule has 0 atom stereocenters. The van der Waals surface area contributed by atoms with Crippen molar-refractivity contribution < 1.29 is 9.15 Å². The number of para-hydroxylation sites is 1. The molecule has 0 unspecified atom stereocenters. The van der Waals surface area contributed by atoms with Crippen LogP contribution in [0.1, 0.15) is 74.9 Å². The van der Waals surface area contributed by atoms with Crippen LogP contribution in [0.15, 0.2) is 174 Å². The van der Waals surface area contributed by atoms with Crippen LogP contribution in [-0.2, 0) is 16.2 Å². The van der Waals surface area contributed by atoms with E-state index in [9.17, 15) is 0 Å². The van der Waals surface area contributed by atoms with Crippen molar-refractivity contribution >= 4 is 32.7 Å². The third kappa shape index (κ3) is 4.95. The van der Waals surface area contributed by atoms with E-state index >= 15 is 0 Å². The van der Waals surface area contributed by atoms with Crippen LogP contribution < -0.4 is 4.74 Å². The van der Waals surface area contributed by atoms with Gasteiger partial charge in [0.25, 0.3) is 0 Å². The van der Waals surface area contributed by atoms with Gasteiger partial charge in [0.2, 0.25) is 0 Å². The van der Waals surface area contributed by atoms with Gasteiger partial charge in [0.1, 0.15) is 22.7 Å². The fourth-order valence-corrected chi connectivity index (χ4v) is 11.3. The van der Waals surface area contributed by atoms with Crippen LogP contribution >= 0.6 is 0 Å². The molecule has 0 saturated carbocycles. The van der Waals surface area contributed by atoms with Gasteiger partial charge in [-0.15, -0.1) is 0 Å². The van der Waals surface area contributed by atoms with Crippen LogP contribution in [0.3, 0.4) is 0 Å². The molecule has 3 aliphatic rings. The zero-order chi connectivity index (χ0) is 42.6. The fraction of sp³-hybridized carbons (Fsp3) is 0.148. The van der Waals surface area contributed by atoms with Crippen LogP contribution in [-0.4, -0.2) is 0 Å².